The summed E-state index contributed by atoms with van der Waals surface area (Å²) in [6.07, 6.45) is 1.25. The Labute approximate surface area is 105 Å². The molecule has 2 radical (unpaired) electrons. The fourth-order valence-corrected chi connectivity index (χ4v) is 2.10. The van der Waals surface area contributed by atoms with Gasteiger partial charge in [-0.15, -0.1) is 11.3 Å². The van der Waals surface area contributed by atoms with E-state index in [1.807, 2.05) is 26.0 Å². The molecule has 0 N–H and O–H groups in total. The average molecular weight is 232 g/mol. The van der Waals surface area contributed by atoms with E-state index in [1.165, 1.54) is 21.4 Å². The van der Waals surface area contributed by atoms with Crippen molar-refractivity contribution in [2.75, 3.05) is 0 Å². The summed E-state index contributed by atoms with van der Waals surface area (Å²) in [5.41, 5.74) is 0.843. The van der Waals surface area contributed by atoms with Gasteiger partial charge in [0.15, 0.2) is 0 Å². The first-order chi connectivity index (χ1) is 7.67. The molecule has 1 aromatic carbocycles. The van der Waals surface area contributed by atoms with Gasteiger partial charge in [0.1, 0.15) is 7.85 Å². The van der Waals surface area contributed by atoms with Gasteiger partial charge in [-0.3, -0.25) is 0 Å². The molecule has 0 nitrogen and oxygen atoms in total. The smallest absolute Gasteiger partial charge is 0.113 e. The van der Waals surface area contributed by atoms with E-state index >= 15 is 0 Å². The Bertz CT molecular complexity index is 404. The SMILES string of the molecule is CC.CCC.[B]c1ccc2sc(C)cc2c1. The molecule has 0 atom stereocenters. The van der Waals surface area contributed by atoms with Crippen LogP contribution in [0.25, 0.3) is 10.1 Å². The molecule has 1 heterocycles. The molecule has 1 aromatic heterocycles. The van der Waals surface area contributed by atoms with Gasteiger partial charge in [-0.05, 0) is 24.4 Å². The van der Waals surface area contributed by atoms with Crippen LogP contribution in [0.3, 0.4) is 0 Å². The second kappa shape index (κ2) is 8.40. The molecule has 86 valence electrons. The molecule has 2 heteroatoms. The Morgan fingerprint density at radius 3 is 2.25 bits per heavy atom. The Kier molecular flexibility index (Phi) is 8.01. The third kappa shape index (κ3) is 4.85. The molecule has 2 rings (SSSR count). The molecule has 0 fully saturated rings. The Hall–Kier alpha value is -0.755. The zero-order chi connectivity index (χ0) is 12.6. The van der Waals surface area contributed by atoms with E-state index in [0.717, 1.165) is 5.46 Å². The minimum atomic E-state index is 0.843. The van der Waals surface area contributed by atoms with E-state index in [-0.39, 0.29) is 0 Å². The van der Waals surface area contributed by atoms with Crippen molar-refractivity contribution in [1.29, 1.82) is 0 Å². The van der Waals surface area contributed by atoms with Crippen molar-refractivity contribution in [1.82, 2.24) is 0 Å². The van der Waals surface area contributed by atoms with Crippen molar-refractivity contribution in [2.45, 2.75) is 41.0 Å². The lowest BCUT2D eigenvalue weighted by Gasteiger charge is -1.90. The van der Waals surface area contributed by atoms with E-state index in [4.69, 9.17) is 7.85 Å². The first kappa shape index (κ1) is 15.2. The van der Waals surface area contributed by atoms with Crippen molar-refractivity contribution < 1.29 is 0 Å². The number of hydrogen-bond donors (Lipinski definition) is 0. The largest absolute Gasteiger partial charge is 0.141 e. The molecule has 0 aliphatic heterocycles. The van der Waals surface area contributed by atoms with Gasteiger partial charge < -0.3 is 0 Å². The van der Waals surface area contributed by atoms with E-state index in [2.05, 4.69) is 32.9 Å². The number of thiophene rings is 1. The van der Waals surface area contributed by atoms with Gasteiger partial charge in [0.25, 0.3) is 0 Å². The normalized spacial score (nSPS) is 8.81. The molecule has 16 heavy (non-hydrogen) atoms. The van der Waals surface area contributed by atoms with Gasteiger partial charge in [-0.1, -0.05) is 51.7 Å². The second-order valence-corrected chi connectivity index (χ2v) is 4.65. The van der Waals surface area contributed by atoms with Crippen LogP contribution < -0.4 is 5.46 Å². The molecule has 0 unspecified atom stereocenters. The average Bonchev–Trinajstić information content (AvgIpc) is 2.61. The molecule has 0 saturated heterocycles. The first-order valence-corrected chi connectivity index (χ1v) is 6.74. The summed E-state index contributed by atoms with van der Waals surface area (Å²) < 4.78 is 1.32. The molecule has 0 saturated carbocycles. The van der Waals surface area contributed by atoms with Crippen molar-refractivity contribution in [2.24, 2.45) is 0 Å². The fraction of sp³-hybridized carbons (Fsp3) is 0.429. The van der Waals surface area contributed by atoms with Gasteiger partial charge in [0.2, 0.25) is 0 Å². The quantitative estimate of drug-likeness (QED) is 0.589. The summed E-state index contributed by atoms with van der Waals surface area (Å²) >= 11 is 1.81. The molecular formula is C14H21BS. The van der Waals surface area contributed by atoms with E-state index in [1.54, 1.807) is 11.3 Å². The third-order valence-corrected chi connectivity index (χ3v) is 2.70. The van der Waals surface area contributed by atoms with Crippen molar-refractivity contribution in [3.63, 3.8) is 0 Å². The number of benzene rings is 1. The number of fused-ring (bicyclic) bond motifs is 1. The van der Waals surface area contributed by atoms with Crippen LogP contribution in [-0.2, 0) is 0 Å². The Morgan fingerprint density at radius 1 is 1.12 bits per heavy atom. The van der Waals surface area contributed by atoms with Gasteiger partial charge in [-0.25, -0.2) is 0 Å². The van der Waals surface area contributed by atoms with Crippen molar-refractivity contribution >= 4 is 34.7 Å². The predicted octanol–water partition coefficient (Wildman–Crippen LogP) is 4.45. The van der Waals surface area contributed by atoms with Gasteiger partial charge in [0.05, 0.1) is 0 Å². The maximum atomic E-state index is 5.64. The minimum Gasteiger partial charge on any atom is -0.141 e. The Morgan fingerprint density at radius 2 is 1.69 bits per heavy atom. The minimum absolute atomic E-state index is 0.843. The summed E-state index contributed by atoms with van der Waals surface area (Å²) in [6, 6.07) is 8.19. The standard InChI is InChI=1S/C9H7BS.C3H8.C2H6/c1-6-4-7-5-8(10)2-3-9(7)11-6;1-3-2;1-2/h2-5H,1H3;3H2,1-2H3;1-2H3. The molecule has 0 aliphatic carbocycles. The van der Waals surface area contributed by atoms with Gasteiger partial charge in [0, 0.05) is 9.58 Å². The number of rotatable bonds is 0. The Balaban J connectivity index is 0.000000394. The maximum Gasteiger partial charge on any atom is 0.113 e. The first-order valence-electron chi connectivity index (χ1n) is 5.93. The van der Waals surface area contributed by atoms with Gasteiger partial charge in [-0.2, -0.15) is 0 Å². The summed E-state index contributed by atoms with van der Waals surface area (Å²) in [7, 11) is 5.64. The third-order valence-electron chi connectivity index (χ3n) is 1.66. The van der Waals surface area contributed by atoms with Crippen LogP contribution in [0.2, 0.25) is 0 Å². The molecule has 0 aliphatic rings. The highest BCUT2D eigenvalue weighted by atomic mass is 32.1. The van der Waals surface area contributed by atoms with Crippen LogP contribution in [0.4, 0.5) is 0 Å². The molecule has 0 amide bonds. The van der Waals surface area contributed by atoms with E-state index in [9.17, 15) is 0 Å². The zero-order valence-electron chi connectivity index (χ0n) is 11.0. The van der Waals surface area contributed by atoms with Crippen LogP contribution in [0.5, 0.6) is 0 Å². The highest BCUT2D eigenvalue weighted by Crippen LogP contribution is 2.23. The maximum absolute atomic E-state index is 5.64. The summed E-state index contributed by atoms with van der Waals surface area (Å²) in [4.78, 5) is 1.34. The number of aryl methyl sites for hydroxylation is 1. The fourth-order valence-electron chi connectivity index (χ4n) is 1.19. The predicted molar refractivity (Wildman–Crippen MR) is 79.3 cm³/mol. The van der Waals surface area contributed by atoms with Crippen LogP contribution >= 0.6 is 11.3 Å². The van der Waals surface area contributed by atoms with E-state index in [0.29, 0.717) is 0 Å². The summed E-state index contributed by atoms with van der Waals surface area (Å²) in [6.45, 7) is 10.4. The van der Waals surface area contributed by atoms with E-state index < -0.39 is 0 Å². The van der Waals surface area contributed by atoms with Crippen LogP contribution in [0.1, 0.15) is 39.0 Å². The van der Waals surface area contributed by atoms with Crippen LogP contribution in [0, 0.1) is 6.92 Å². The lowest BCUT2D eigenvalue weighted by Crippen LogP contribution is -1.98. The second-order valence-electron chi connectivity index (χ2n) is 3.36. The van der Waals surface area contributed by atoms with Crippen LogP contribution in [0.15, 0.2) is 24.3 Å². The monoisotopic (exact) mass is 232 g/mol. The summed E-state index contributed by atoms with van der Waals surface area (Å²) in [5, 5.41) is 1.26. The molecule has 0 bridgehead atoms. The molecular weight excluding hydrogens is 211 g/mol. The molecule has 2 aromatic rings. The molecule has 0 spiro atoms. The highest BCUT2D eigenvalue weighted by molar-refractivity contribution is 7.19. The van der Waals surface area contributed by atoms with Crippen molar-refractivity contribution in [3.05, 3.63) is 29.1 Å². The highest BCUT2D eigenvalue weighted by Gasteiger charge is 1.96. The van der Waals surface area contributed by atoms with Crippen LogP contribution in [-0.4, -0.2) is 7.85 Å². The summed E-state index contributed by atoms with van der Waals surface area (Å²) in [5.74, 6) is 0. The topological polar surface area (TPSA) is 0 Å². The lowest BCUT2D eigenvalue weighted by molar-refractivity contribution is 1.09. The van der Waals surface area contributed by atoms with Gasteiger partial charge >= 0.3 is 0 Å². The zero-order valence-corrected chi connectivity index (χ0v) is 11.8. The van der Waals surface area contributed by atoms with Crippen molar-refractivity contribution in [3.8, 4) is 0 Å². The lowest BCUT2D eigenvalue weighted by atomic mass is 9.95. The number of hydrogen-bond acceptors (Lipinski definition) is 1.